The Kier molecular flexibility index (Phi) is 7.28. The van der Waals surface area contributed by atoms with E-state index < -0.39 is 50.8 Å². The van der Waals surface area contributed by atoms with Gasteiger partial charge in [0.05, 0.1) is 5.75 Å². The summed E-state index contributed by atoms with van der Waals surface area (Å²) in [6.07, 6.45) is -5.25. The van der Waals surface area contributed by atoms with Crippen LogP contribution in [0.5, 0.6) is 0 Å². The predicted molar refractivity (Wildman–Crippen MR) is 125 cm³/mol. The lowest BCUT2D eigenvalue weighted by Gasteiger charge is -2.10. The standard InChI is InChI=1S/C24H20F3N3O6S/c1-37(33,34)13-5-8-17(31)20(32)15-9-11-16(12-10-15)22-28-23(36-30-22)21-18(24(25,26)27)19(29-35-21)14-6-3-2-4-7-14/h2-4,6-7,9-12,20,32H,5,8,13H2,1H3. The van der Waals surface area contributed by atoms with Crippen LogP contribution in [0.4, 0.5) is 13.2 Å². The maximum Gasteiger partial charge on any atom is 0.422 e. The Labute approximate surface area is 208 Å². The van der Waals surface area contributed by atoms with Crippen molar-refractivity contribution in [2.24, 2.45) is 0 Å². The molecule has 0 aliphatic heterocycles. The van der Waals surface area contributed by atoms with E-state index in [9.17, 15) is 31.5 Å². The van der Waals surface area contributed by atoms with Crippen molar-refractivity contribution in [2.75, 3.05) is 12.0 Å². The van der Waals surface area contributed by atoms with E-state index >= 15 is 0 Å². The fraction of sp³-hybridized carbons (Fsp3) is 0.250. The second-order valence-corrected chi connectivity index (χ2v) is 10.5. The van der Waals surface area contributed by atoms with Crippen molar-refractivity contribution in [1.29, 1.82) is 0 Å². The van der Waals surface area contributed by atoms with Crippen LogP contribution < -0.4 is 0 Å². The van der Waals surface area contributed by atoms with E-state index in [-0.39, 0.29) is 35.5 Å². The van der Waals surface area contributed by atoms with Crippen molar-refractivity contribution in [1.82, 2.24) is 15.3 Å². The molecule has 4 rings (SSSR count). The zero-order valence-corrected chi connectivity index (χ0v) is 20.1. The van der Waals surface area contributed by atoms with Crippen molar-refractivity contribution in [3.8, 4) is 34.3 Å². The molecular formula is C24H20F3N3O6S. The van der Waals surface area contributed by atoms with Gasteiger partial charge in [-0.05, 0) is 12.0 Å². The SMILES string of the molecule is CS(=O)(=O)CCCC(=O)C(O)c1ccc(-c2noc(-c3onc(-c4ccccc4)c3C(F)(F)F)n2)cc1. The highest BCUT2D eigenvalue weighted by molar-refractivity contribution is 7.90. The first-order chi connectivity index (χ1) is 17.4. The van der Waals surface area contributed by atoms with Crippen LogP contribution in [0.1, 0.15) is 30.1 Å². The number of halogens is 3. The first-order valence-corrected chi connectivity index (χ1v) is 13.0. The van der Waals surface area contributed by atoms with Gasteiger partial charge in [0.15, 0.2) is 5.78 Å². The summed E-state index contributed by atoms with van der Waals surface area (Å²) in [5.74, 6) is -2.02. The summed E-state index contributed by atoms with van der Waals surface area (Å²) in [6.45, 7) is 0. The zero-order valence-electron chi connectivity index (χ0n) is 19.3. The molecule has 0 radical (unpaired) electrons. The van der Waals surface area contributed by atoms with Crippen molar-refractivity contribution >= 4 is 15.6 Å². The van der Waals surface area contributed by atoms with Gasteiger partial charge in [0.1, 0.15) is 27.2 Å². The Bertz CT molecular complexity index is 1500. The number of hydrogen-bond acceptors (Lipinski definition) is 9. The fourth-order valence-electron chi connectivity index (χ4n) is 3.57. The Balaban J connectivity index is 1.55. The molecule has 2 aromatic heterocycles. The lowest BCUT2D eigenvalue weighted by Crippen LogP contribution is -2.13. The Hall–Kier alpha value is -3.84. The Morgan fingerprint density at radius 2 is 1.68 bits per heavy atom. The Morgan fingerprint density at radius 3 is 2.30 bits per heavy atom. The van der Waals surface area contributed by atoms with Crippen LogP contribution in [0.2, 0.25) is 0 Å². The van der Waals surface area contributed by atoms with Gasteiger partial charge in [-0.25, -0.2) is 8.42 Å². The summed E-state index contributed by atoms with van der Waals surface area (Å²) in [5.41, 5.74) is -0.778. The largest absolute Gasteiger partial charge is 0.422 e. The van der Waals surface area contributed by atoms with E-state index in [4.69, 9.17) is 9.05 Å². The van der Waals surface area contributed by atoms with Crippen LogP contribution in [0, 0.1) is 0 Å². The maximum absolute atomic E-state index is 13.9. The number of carbonyl (C=O) groups is 1. The third-order valence-corrected chi connectivity index (χ3v) is 6.40. The summed E-state index contributed by atoms with van der Waals surface area (Å²) >= 11 is 0. The normalized spacial score (nSPS) is 13.0. The molecule has 1 atom stereocenters. The van der Waals surface area contributed by atoms with E-state index in [1.54, 1.807) is 18.2 Å². The molecule has 0 fully saturated rings. The lowest BCUT2D eigenvalue weighted by atomic mass is 10.0. The number of Topliss-reactive ketones (excluding diaryl/α,β-unsaturated/α-hetero) is 1. The maximum atomic E-state index is 13.9. The molecule has 0 saturated heterocycles. The lowest BCUT2D eigenvalue weighted by molar-refractivity contribution is -0.137. The first kappa shape index (κ1) is 26.2. The van der Waals surface area contributed by atoms with E-state index in [1.165, 1.54) is 36.4 Å². The number of nitrogens with zero attached hydrogens (tertiary/aromatic N) is 3. The highest BCUT2D eigenvalue weighted by atomic mass is 32.2. The number of aliphatic hydroxyl groups excluding tert-OH is 1. The molecule has 2 aromatic carbocycles. The van der Waals surface area contributed by atoms with Crippen molar-refractivity contribution < 1.29 is 40.5 Å². The smallest absolute Gasteiger partial charge is 0.381 e. The average Bonchev–Trinajstić information content (AvgIpc) is 3.51. The molecule has 0 spiro atoms. The molecule has 37 heavy (non-hydrogen) atoms. The number of benzene rings is 2. The Morgan fingerprint density at radius 1 is 1.00 bits per heavy atom. The van der Waals surface area contributed by atoms with Crippen LogP contribution in [-0.4, -0.2) is 46.6 Å². The summed E-state index contributed by atoms with van der Waals surface area (Å²) in [5, 5.41) is 17.6. The number of hydrogen-bond donors (Lipinski definition) is 1. The third-order valence-electron chi connectivity index (χ3n) is 5.37. The number of carbonyl (C=O) groups excluding carboxylic acids is 1. The van der Waals surface area contributed by atoms with Gasteiger partial charge < -0.3 is 14.2 Å². The molecule has 13 heteroatoms. The monoisotopic (exact) mass is 535 g/mol. The summed E-state index contributed by atoms with van der Waals surface area (Å²) in [7, 11) is -3.22. The van der Waals surface area contributed by atoms with Crippen LogP contribution in [0.3, 0.4) is 0 Å². The number of sulfone groups is 1. The second kappa shape index (κ2) is 10.3. The summed E-state index contributed by atoms with van der Waals surface area (Å²) in [6, 6.07) is 13.5. The van der Waals surface area contributed by atoms with Gasteiger partial charge in [0, 0.05) is 23.8 Å². The summed E-state index contributed by atoms with van der Waals surface area (Å²) < 4.78 is 74.1. The minimum atomic E-state index is -4.82. The van der Waals surface area contributed by atoms with Crippen LogP contribution in [-0.2, 0) is 20.8 Å². The van der Waals surface area contributed by atoms with Crippen molar-refractivity contribution in [3.63, 3.8) is 0 Å². The minimum absolute atomic E-state index is 0.0543. The second-order valence-electron chi connectivity index (χ2n) is 8.25. The van der Waals surface area contributed by atoms with Crippen LogP contribution in [0.25, 0.3) is 34.3 Å². The van der Waals surface area contributed by atoms with Crippen molar-refractivity contribution in [3.05, 3.63) is 65.7 Å². The van der Waals surface area contributed by atoms with Crippen molar-refractivity contribution in [2.45, 2.75) is 25.1 Å². The highest BCUT2D eigenvalue weighted by Crippen LogP contribution is 2.43. The first-order valence-electron chi connectivity index (χ1n) is 10.9. The van der Waals surface area contributed by atoms with Gasteiger partial charge in [0.2, 0.25) is 11.6 Å². The molecule has 0 amide bonds. The van der Waals surface area contributed by atoms with Crippen LogP contribution in [0.15, 0.2) is 63.6 Å². The predicted octanol–water partition coefficient (Wildman–Crippen LogP) is 4.50. The van der Waals surface area contributed by atoms with Gasteiger partial charge in [-0.2, -0.15) is 18.2 Å². The van der Waals surface area contributed by atoms with E-state index in [2.05, 4.69) is 15.3 Å². The molecular weight excluding hydrogens is 515 g/mol. The quantitative estimate of drug-likeness (QED) is 0.328. The molecule has 0 aliphatic rings. The van der Waals surface area contributed by atoms with Gasteiger partial charge in [-0.3, -0.25) is 4.79 Å². The molecule has 2 heterocycles. The highest BCUT2D eigenvalue weighted by Gasteiger charge is 2.43. The molecule has 1 unspecified atom stereocenters. The third kappa shape index (κ3) is 6.12. The van der Waals surface area contributed by atoms with Gasteiger partial charge >= 0.3 is 6.18 Å². The van der Waals surface area contributed by atoms with E-state index in [0.717, 1.165) is 6.26 Å². The number of aromatic nitrogens is 3. The molecule has 194 valence electrons. The zero-order chi connectivity index (χ0) is 26.8. The van der Waals surface area contributed by atoms with E-state index in [0.29, 0.717) is 5.56 Å². The number of alkyl halides is 3. The number of aliphatic hydroxyl groups is 1. The molecule has 0 bridgehead atoms. The number of ketones is 1. The van der Waals surface area contributed by atoms with Gasteiger partial charge in [-0.15, -0.1) is 0 Å². The number of rotatable bonds is 9. The minimum Gasteiger partial charge on any atom is -0.381 e. The molecule has 0 saturated carbocycles. The van der Waals surface area contributed by atoms with Crippen LogP contribution >= 0.6 is 0 Å². The van der Waals surface area contributed by atoms with Gasteiger partial charge in [0.25, 0.3) is 5.89 Å². The molecule has 4 aromatic rings. The van der Waals surface area contributed by atoms with Gasteiger partial charge in [-0.1, -0.05) is 64.9 Å². The molecule has 1 N–H and O–H groups in total. The topological polar surface area (TPSA) is 136 Å². The van der Waals surface area contributed by atoms with E-state index in [1.807, 2.05) is 0 Å². The average molecular weight is 536 g/mol. The fourth-order valence-corrected chi connectivity index (χ4v) is 4.24. The summed E-state index contributed by atoms with van der Waals surface area (Å²) in [4.78, 5) is 16.2. The molecule has 0 aliphatic carbocycles. The molecule has 9 nitrogen and oxygen atoms in total.